The van der Waals surface area contributed by atoms with Gasteiger partial charge in [0.25, 0.3) is 0 Å². The summed E-state index contributed by atoms with van der Waals surface area (Å²) in [5.41, 5.74) is 3.34. The average Bonchev–Trinajstić information content (AvgIpc) is 3.40. The van der Waals surface area contributed by atoms with Gasteiger partial charge in [0.15, 0.2) is 0 Å². The van der Waals surface area contributed by atoms with Crippen LogP contribution in [0.25, 0.3) is 16.6 Å². The number of piperidine rings is 1. The number of benzene rings is 2. The summed E-state index contributed by atoms with van der Waals surface area (Å²) in [5.74, 6) is -1.09. The number of aromatic nitrogens is 2. The highest BCUT2D eigenvalue weighted by atomic mass is 19.4. The lowest BCUT2D eigenvalue weighted by atomic mass is 9.73. The number of anilines is 1. The molecule has 3 aromatic rings. The Labute approximate surface area is 199 Å². The molecule has 0 atom stereocenters. The van der Waals surface area contributed by atoms with Crippen LogP contribution in [0, 0.1) is 0 Å². The van der Waals surface area contributed by atoms with Crippen LogP contribution in [-0.4, -0.2) is 59.3 Å². The molecule has 0 saturated carbocycles. The molecule has 1 fully saturated rings. The van der Waals surface area contributed by atoms with Crippen LogP contribution in [0.2, 0.25) is 0 Å². The minimum absolute atomic E-state index is 0.245. The zero-order valence-electron chi connectivity index (χ0n) is 18.9. The first kappa shape index (κ1) is 22.9. The van der Waals surface area contributed by atoms with Crippen LogP contribution in [0.15, 0.2) is 55.2 Å². The Kier molecular flexibility index (Phi) is 5.53. The van der Waals surface area contributed by atoms with E-state index in [0.29, 0.717) is 31.6 Å². The molecule has 182 valence electrons. The van der Waals surface area contributed by atoms with Crippen LogP contribution in [0.5, 0.6) is 0 Å². The van der Waals surface area contributed by atoms with Crippen molar-refractivity contribution in [3.05, 3.63) is 66.4 Å². The van der Waals surface area contributed by atoms with Crippen LogP contribution >= 0.6 is 0 Å². The summed E-state index contributed by atoms with van der Waals surface area (Å²) in [6, 6.07) is 13.2. The molecule has 0 radical (unpaired) electrons. The standard InChI is InChI=1S/C25H24F3N5O2/c1-16(17-6-7-20-18(12-17)13-30-31-20)32-10-8-24(9-11-32)19-4-2-3-5-21(19)33(23(24)35)14-22(34)29-15-25(26,27)28/h2-7,12-13H,1,8-11,14-15H2,(H,29,34)(H,30,31). The molecule has 5 rings (SSSR count). The summed E-state index contributed by atoms with van der Waals surface area (Å²) < 4.78 is 37.5. The predicted octanol–water partition coefficient (Wildman–Crippen LogP) is 3.59. The van der Waals surface area contributed by atoms with Gasteiger partial charge in [-0.3, -0.25) is 14.7 Å². The lowest BCUT2D eigenvalue weighted by Crippen LogP contribution is -2.50. The number of alkyl halides is 3. The Morgan fingerprint density at radius 3 is 2.66 bits per heavy atom. The lowest BCUT2D eigenvalue weighted by Gasteiger charge is -2.40. The van der Waals surface area contributed by atoms with Crippen molar-refractivity contribution in [3.8, 4) is 0 Å². The highest BCUT2D eigenvalue weighted by Gasteiger charge is 2.52. The fourth-order valence-electron chi connectivity index (χ4n) is 5.10. The van der Waals surface area contributed by atoms with E-state index in [1.165, 1.54) is 4.90 Å². The van der Waals surface area contributed by atoms with Crippen molar-refractivity contribution in [1.29, 1.82) is 0 Å². The summed E-state index contributed by atoms with van der Waals surface area (Å²) in [7, 11) is 0. The first-order valence-electron chi connectivity index (χ1n) is 11.3. The number of fused-ring (bicyclic) bond motifs is 3. The first-order valence-corrected chi connectivity index (χ1v) is 11.3. The topological polar surface area (TPSA) is 81.3 Å². The Hall–Kier alpha value is -3.82. The molecule has 1 aromatic heterocycles. The van der Waals surface area contributed by atoms with Crippen LogP contribution in [0.1, 0.15) is 24.0 Å². The number of hydrogen-bond donors (Lipinski definition) is 2. The van der Waals surface area contributed by atoms with Gasteiger partial charge in [0.05, 0.1) is 17.1 Å². The number of carbonyl (C=O) groups excluding carboxylic acids is 2. The van der Waals surface area contributed by atoms with Gasteiger partial charge in [0.1, 0.15) is 13.1 Å². The van der Waals surface area contributed by atoms with Gasteiger partial charge in [-0.05, 0) is 42.2 Å². The molecule has 2 aliphatic rings. The van der Waals surface area contributed by atoms with Gasteiger partial charge in [-0.15, -0.1) is 0 Å². The summed E-state index contributed by atoms with van der Waals surface area (Å²) in [5, 5.41) is 9.82. The minimum Gasteiger partial charge on any atom is -0.371 e. The summed E-state index contributed by atoms with van der Waals surface area (Å²) in [6.45, 7) is 3.55. The van der Waals surface area contributed by atoms with E-state index in [0.717, 1.165) is 27.7 Å². The molecular formula is C25H24F3N5O2. The van der Waals surface area contributed by atoms with E-state index in [4.69, 9.17) is 0 Å². The number of nitrogens with one attached hydrogen (secondary N) is 2. The molecule has 35 heavy (non-hydrogen) atoms. The second kappa shape index (κ2) is 8.44. The third-order valence-corrected chi connectivity index (χ3v) is 6.92. The molecule has 3 heterocycles. The number of hydrogen-bond acceptors (Lipinski definition) is 4. The van der Waals surface area contributed by atoms with Crippen molar-refractivity contribution in [1.82, 2.24) is 20.4 Å². The van der Waals surface area contributed by atoms with Gasteiger partial charge in [0, 0.05) is 29.9 Å². The molecular weight excluding hydrogens is 459 g/mol. The zero-order valence-corrected chi connectivity index (χ0v) is 18.9. The smallest absolute Gasteiger partial charge is 0.371 e. The molecule has 2 aromatic carbocycles. The monoisotopic (exact) mass is 483 g/mol. The van der Waals surface area contributed by atoms with Gasteiger partial charge in [-0.25, -0.2) is 0 Å². The van der Waals surface area contributed by atoms with Crippen molar-refractivity contribution >= 4 is 34.1 Å². The molecule has 0 bridgehead atoms. The number of carbonyl (C=O) groups is 2. The number of likely N-dealkylation sites (tertiary alicyclic amines) is 1. The maximum Gasteiger partial charge on any atom is 0.405 e. The molecule has 2 aliphatic heterocycles. The van der Waals surface area contributed by atoms with Crippen LogP contribution in [-0.2, 0) is 15.0 Å². The van der Waals surface area contributed by atoms with Gasteiger partial charge in [-0.1, -0.05) is 30.8 Å². The summed E-state index contributed by atoms with van der Waals surface area (Å²) in [4.78, 5) is 29.3. The molecule has 0 unspecified atom stereocenters. The second-order valence-electron chi connectivity index (χ2n) is 8.99. The van der Waals surface area contributed by atoms with Crippen LogP contribution in [0.3, 0.4) is 0 Å². The fourth-order valence-corrected chi connectivity index (χ4v) is 5.10. The number of H-pyrrole nitrogens is 1. The Balaban J connectivity index is 1.32. The van der Waals surface area contributed by atoms with Crippen molar-refractivity contribution in [2.24, 2.45) is 0 Å². The second-order valence-corrected chi connectivity index (χ2v) is 8.99. The quantitative estimate of drug-likeness (QED) is 0.581. The van der Waals surface area contributed by atoms with E-state index in [2.05, 4.69) is 21.7 Å². The Morgan fingerprint density at radius 1 is 1.17 bits per heavy atom. The third kappa shape index (κ3) is 4.13. The molecule has 10 heteroatoms. The van der Waals surface area contributed by atoms with Crippen molar-refractivity contribution in [2.75, 3.05) is 31.1 Å². The van der Waals surface area contributed by atoms with Crippen molar-refractivity contribution in [2.45, 2.75) is 24.4 Å². The molecule has 1 spiro atoms. The van der Waals surface area contributed by atoms with E-state index >= 15 is 0 Å². The number of amides is 2. The summed E-state index contributed by atoms with van der Waals surface area (Å²) >= 11 is 0. The van der Waals surface area contributed by atoms with Gasteiger partial charge < -0.3 is 15.1 Å². The van der Waals surface area contributed by atoms with Gasteiger partial charge >= 0.3 is 6.18 Å². The molecule has 0 aliphatic carbocycles. The van der Waals surface area contributed by atoms with E-state index < -0.39 is 30.6 Å². The zero-order chi connectivity index (χ0) is 24.8. The maximum atomic E-state index is 13.6. The minimum atomic E-state index is -4.51. The number of rotatable bonds is 5. The van der Waals surface area contributed by atoms with Crippen molar-refractivity contribution in [3.63, 3.8) is 0 Å². The lowest BCUT2D eigenvalue weighted by molar-refractivity contribution is -0.138. The van der Waals surface area contributed by atoms with Gasteiger partial charge in [0.2, 0.25) is 11.8 Å². The number of aromatic amines is 1. The molecule has 1 saturated heterocycles. The highest BCUT2D eigenvalue weighted by molar-refractivity contribution is 6.10. The average molecular weight is 483 g/mol. The van der Waals surface area contributed by atoms with Gasteiger partial charge in [-0.2, -0.15) is 18.3 Å². The van der Waals surface area contributed by atoms with E-state index in [9.17, 15) is 22.8 Å². The normalized spacial score (nSPS) is 17.2. The van der Waals surface area contributed by atoms with Crippen LogP contribution in [0.4, 0.5) is 18.9 Å². The highest BCUT2D eigenvalue weighted by Crippen LogP contribution is 2.48. The number of para-hydroxylation sites is 1. The van der Waals surface area contributed by atoms with E-state index in [1.807, 2.05) is 35.6 Å². The largest absolute Gasteiger partial charge is 0.405 e. The van der Waals surface area contributed by atoms with E-state index in [1.54, 1.807) is 18.3 Å². The Morgan fingerprint density at radius 2 is 1.91 bits per heavy atom. The Bertz CT molecular complexity index is 1310. The number of nitrogens with zero attached hydrogens (tertiary/aromatic N) is 3. The fraction of sp³-hybridized carbons (Fsp3) is 0.320. The van der Waals surface area contributed by atoms with Crippen LogP contribution < -0.4 is 10.2 Å². The van der Waals surface area contributed by atoms with E-state index in [-0.39, 0.29) is 5.91 Å². The predicted molar refractivity (Wildman–Crippen MR) is 125 cm³/mol. The number of halogens is 3. The maximum absolute atomic E-state index is 13.6. The summed E-state index contributed by atoms with van der Waals surface area (Å²) in [6.07, 6.45) is -1.74. The molecule has 7 nitrogen and oxygen atoms in total. The third-order valence-electron chi connectivity index (χ3n) is 6.92. The first-order chi connectivity index (χ1) is 16.7. The SMILES string of the molecule is C=C(c1ccc2[nH]ncc2c1)N1CCC2(CC1)C(=O)N(CC(=O)NCC(F)(F)F)c1ccccc12. The molecule has 2 N–H and O–H groups in total. The van der Waals surface area contributed by atoms with Crippen molar-refractivity contribution < 1.29 is 22.8 Å². The molecule has 2 amide bonds.